The molecule has 0 saturated carbocycles. The van der Waals surface area contributed by atoms with Crippen LogP contribution in [-0.2, 0) is 17.9 Å². The highest BCUT2D eigenvalue weighted by Gasteiger charge is 2.33. The molecule has 0 atom stereocenters. The number of halogens is 5. The Morgan fingerprint density at radius 2 is 2.11 bits per heavy atom. The van der Waals surface area contributed by atoms with E-state index in [0.29, 0.717) is 0 Å². The van der Waals surface area contributed by atoms with Crippen molar-refractivity contribution in [2.45, 2.75) is 19.5 Å². The van der Waals surface area contributed by atoms with E-state index >= 15 is 0 Å². The zero-order chi connectivity index (χ0) is 13.9. The van der Waals surface area contributed by atoms with Crippen molar-refractivity contribution in [1.82, 2.24) is 4.98 Å². The Morgan fingerprint density at radius 1 is 1.50 bits per heavy atom. The second-order valence-electron chi connectivity index (χ2n) is 3.13. The lowest BCUT2D eigenvalue weighted by Gasteiger charge is -2.12. The van der Waals surface area contributed by atoms with E-state index in [1.165, 1.54) is 22.6 Å². The number of nitrogens with zero attached hydrogens (tertiary/aromatic N) is 1. The number of ether oxygens (including phenoxy) is 1. The molecule has 1 N–H and O–H groups in total. The summed E-state index contributed by atoms with van der Waals surface area (Å²) in [4.78, 5) is 13.8. The molecule has 18 heavy (non-hydrogen) atoms. The SMILES string of the molecule is O=C(O)Cc1cc(I)c(OC(F)(F)F)nc1CF. The van der Waals surface area contributed by atoms with Gasteiger partial charge < -0.3 is 9.84 Å². The minimum atomic E-state index is -4.94. The molecule has 1 rings (SSSR count). The Morgan fingerprint density at radius 3 is 2.56 bits per heavy atom. The van der Waals surface area contributed by atoms with Crippen molar-refractivity contribution in [3.05, 3.63) is 20.9 Å². The van der Waals surface area contributed by atoms with Gasteiger partial charge in [-0.1, -0.05) is 0 Å². The van der Waals surface area contributed by atoms with E-state index in [2.05, 4.69) is 9.72 Å². The number of carbonyl (C=O) groups is 1. The van der Waals surface area contributed by atoms with Crippen LogP contribution in [0.2, 0.25) is 0 Å². The molecular weight excluding hydrogens is 373 g/mol. The Balaban J connectivity index is 3.13. The lowest BCUT2D eigenvalue weighted by molar-refractivity contribution is -0.276. The molecule has 0 aliphatic rings. The second-order valence-corrected chi connectivity index (χ2v) is 4.30. The second kappa shape index (κ2) is 5.67. The fraction of sp³-hybridized carbons (Fsp3) is 0.333. The molecular formula is C9H6F4INO3. The van der Waals surface area contributed by atoms with Crippen LogP contribution in [-0.4, -0.2) is 22.4 Å². The first-order valence-corrected chi connectivity index (χ1v) is 5.52. The van der Waals surface area contributed by atoms with Crippen LogP contribution in [0.4, 0.5) is 17.6 Å². The van der Waals surface area contributed by atoms with Crippen molar-refractivity contribution in [2.24, 2.45) is 0 Å². The van der Waals surface area contributed by atoms with E-state index in [-0.39, 0.29) is 14.8 Å². The van der Waals surface area contributed by atoms with Gasteiger partial charge in [0.2, 0.25) is 5.88 Å². The number of aliphatic carboxylic acids is 1. The van der Waals surface area contributed by atoms with Gasteiger partial charge in [0, 0.05) is 0 Å². The van der Waals surface area contributed by atoms with Crippen LogP contribution in [0.25, 0.3) is 0 Å². The topological polar surface area (TPSA) is 59.4 Å². The van der Waals surface area contributed by atoms with Crippen molar-refractivity contribution < 1.29 is 32.2 Å². The van der Waals surface area contributed by atoms with Crippen molar-refractivity contribution in [3.63, 3.8) is 0 Å². The summed E-state index contributed by atoms with van der Waals surface area (Å²) in [5.41, 5.74) is -0.360. The van der Waals surface area contributed by atoms with Crippen molar-refractivity contribution in [3.8, 4) is 5.88 Å². The maximum absolute atomic E-state index is 12.6. The van der Waals surface area contributed by atoms with E-state index in [4.69, 9.17) is 5.11 Å². The van der Waals surface area contributed by atoms with E-state index < -0.39 is 31.3 Å². The minimum Gasteiger partial charge on any atom is -0.481 e. The predicted molar refractivity (Wildman–Crippen MR) is 59.8 cm³/mol. The van der Waals surface area contributed by atoms with Crippen LogP contribution in [0.15, 0.2) is 6.07 Å². The maximum atomic E-state index is 12.6. The predicted octanol–water partition coefficient (Wildman–Crippen LogP) is 2.68. The van der Waals surface area contributed by atoms with Gasteiger partial charge in [-0.25, -0.2) is 9.37 Å². The lowest BCUT2D eigenvalue weighted by Crippen LogP contribution is -2.19. The molecule has 9 heteroatoms. The normalized spacial score (nSPS) is 11.4. The van der Waals surface area contributed by atoms with Crippen LogP contribution in [0.1, 0.15) is 11.3 Å². The minimum absolute atomic E-state index is 0.0175. The number of alkyl halides is 4. The van der Waals surface area contributed by atoms with Gasteiger partial charge in [0.1, 0.15) is 6.67 Å². The molecule has 0 aliphatic heterocycles. The van der Waals surface area contributed by atoms with Gasteiger partial charge in [-0.2, -0.15) is 0 Å². The summed E-state index contributed by atoms with van der Waals surface area (Å²) in [6.07, 6.45) is -5.45. The average Bonchev–Trinajstić information content (AvgIpc) is 2.19. The molecule has 0 bridgehead atoms. The number of hydrogen-bond acceptors (Lipinski definition) is 3. The standard InChI is InChI=1S/C9H6F4INO3/c10-3-6-4(2-7(16)17)1-5(14)8(15-6)18-9(11,12)13/h1H,2-3H2,(H,16,17). The highest BCUT2D eigenvalue weighted by Crippen LogP contribution is 2.28. The molecule has 0 fully saturated rings. The summed E-state index contributed by atoms with van der Waals surface area (Å²) in [7, 11) is 0. The van der Waals surface area contributed by atoms with Crippen molar-refractivity contribution in [2.75, 3.05) is 0 Å². The molecule has 0 radical (unpaired) electrons. The fourth-order valence-electron chi connectivity index (χ4n) is 1.16. The number of hydrogen-bond donors (Lipinski definition) is 1. The van der Waals surface area contributed by atoms with Gasteiger partial charge >= 0.3 is 12.3 Å². The average molecular weight is 379 g/mol. The third kappa shape index (κ3) is 4.27. The van der Waals surface area contributed by atoms with E-state index in [1.807, 2.05) is 0 Å². The zero-order valence-electron chi connectivity index (χ0n) is 8.59. The van der Waals surface area contributed by atoms with Crippen molar-refractivity contribution >= 4 is 28.6 Å². The Bertz CT molecular complexity index is 464. The van der Waals surface area contributed by atoms with Gasteiger partial charge in [0.25, 0.3) is 0 Å². The van der Waals surface area contributed by atoms with Gasteiger partial charge in [-0.15, -0.1) is 13.2 Å². The highest BCUT2D eigenvalue weighted by atomic mass is 127. The highest BCUT2D eigenvalue weighted by molar-refractivity contribution is 14.1. The Labute approximate surface area is 112 Å². The van der Waals surface area contributed by atoms with Crippen LogP contribution >= 0.6 is 22.6 Å². The molecule has 1 aromatic rings. The van der Waals surface area contributed by atoms with Crippen LogP contribution < -0.4 is 4.74 Å². The Kier molecular flexibility index (Phi) is 4.71. The monoisotopic (exact) mass is 379 g/mol. The molecule has 1 heterocycles. The van der Waals surface area contributed by atoms with Crippen LogP contribution in [0, 0.1) is 3.57 Å². The maximum Gasteiger partial charge on any atom is 0.574 e. The lowest BCUT2D eigenvalue weighted by atomic mass is 10.1. The summed E-state index contributed by atoms with van der Waals surface area (Å²) >= 11 is 1.50. The quantitative estimate of drug-likeness (QED) is 0.646. The number of pyridine rings is 1. The molecule has 0 amide bonds. The molecule has 100 valence electrons. The number of carboxylic acid groups (broad SMARTS) is 1. The first-order chi connectivity index (χ1) is 8.23. The summed E-state index contributed by atoms with van der Waals surface area (Å²) in [5.74, 6) is -2.02. The number of carboxylic acids is 1. The van der Waals surface area contributed by atoms with Crippen LogP contribution in [0.3, 0.4) is 0 Å². The smallest absolute Gasteiger partial charge is 0.481 e. The molecule has 0 spiro atoms. The first-order valence-electron chi connectivity index (χ1n) is 4.44. The van der Waals surface area contributed by atoms with Crippen LogP contribution in [0.5, 0.6) is 5.88 Å². The van der Waals surface area contributed by atoms with Crippen molar-refractivity contribution in [1.29, 1.82) is 0 Å². The summed E-state index contributed by atoms with van der Waals surface area (Å²) in [6.45, 7) is -1.17. The molecule has 0 aliphatic carbocycles. The van der Waals surface area contributed by atoms with Gasteiger partial charge in [0.05, 0.1) is 15.7 Å². The van der Waals surface area contributed by atoms with E-state index in [9.17, 15) is 22.4 Å². The van der Waals surface area contributed by atoms with Gasteiger partial charge in [-0.05, 0) is 34.2 Å². The third-order valence-electron chi connectivity index (χ3n) is 1.79. The van der Waals surface area contributed by atoms with E-state index in [0.717, 1.165) is 6.07 Å². The fourth-order valence-corrected chi connectivity index (χ4v) is 1.77. The largest absolute Gasteiger partial charge is 0.574 e. The molecule has 0 aromatic carbocycles. The van der Waals surface area contributed by atoms with E-state index in [1.54, 1.807) is 0 Å². The number of aromatic nitrogens is 1. The number of rotatable bonds is 4. The summed E-state index contributed by atoms with van der Waals surface area (Å²) in [5, 5.41) is 8.57. The van der Waals surface area contributed by atoms with Gasteiger partial charge in [0.15, 0.2) is 0 Å². The molecule has 0 unspecified atom stereocenters. The summed E-state index contributed by atoms with van der Waals surface area (Å²) in [6, 6.07) is 1.11. The third-order valence-corrected chi connectivity index (χ3v) is 2.57. The summed E-state index contributed by atoms with van der Waals surface area (Å²) < 4.78 is 52.2. The zero-order valence-corrected chi connectivity index (χ0v) is 10.7. The molecule has 1 aromatic heterocycles. The molecule has 4 nitrogen and oxygen atoms in total. The Hall–Kier alpha value is -1.13. The molecule has 0 saturated heterocycles. The first kappa shape index (κ1) is 14.9. The van der Waals surface area contributed by atoms with Gasteiger partial charge in [-0.3, -0.25) is 4.79 Å².